The lowest BCUT2D eigenvalue weighted by molar-refractivity contribution is 0.569. The van der Waals surface area contributed by atoms with Crippen molar-refractivity contribution >= 4 is 23.4 Å². The fourth-order valence-electron chi connectivity index (χ4n) is 0.497. The number of rotatable bonds is 1. The van der Waals surface area contributed by atoms with Gasteiger partial charge in [-0.3, -0.25) is 9.78 Å². The van der Waals surface area contributed by atoms with Crippen molar-refractivity contribution in [2.45, 2.75) is 0 Å². The Morgan fingerprint density at radius 3 is 2.55 bits per heavy atom. The van der Waals surface area contributed by atoms with E-state index in [1.807, 2.05) is 12.1 Å². The van der Waals surface area contributed by atoms with Crippen LogP contribution in [0, 0.1) is 0 Å². The Balaban J connectivity index is 0.000000292. The van der Waals surface area contributed by atoms with Gasteiger partial charge in [-0.2, -0.15) is 0 Å². The van der Waals surface area contributed by atoms with Crippen LogP contribution in [0.4, 0.5) is 0 Å². The van der Waals surface area contributed by atoms with Crippen LogP contribution in [-0.2, 0) is 4.79 Å². The molecule has 0 aromatic carbocycles. The highest BCUT2D eigenvalue weighted by atomic mass is 35.5. The van der Waals surface area contributed by atoms with Crippen molar-refractivity contribution in [3.05, 3.63) is 36.7 Å². The third-order valence-electron chi connectivity index (χ3n) is 0.920. The van der Waals surface area contributed by atoms with Gasteiger partial charge in [-0.25, -0.2) is 0 Å². The van der Waals surface area contributed by atoms with Crippen molar-refractivity contribution in [2.24, 2.45) is 0 Å². The first-order valence-electron chi connectivity index (χ1n) is 2.91. The van der Waals surface area contributed by atoms with Crippen LogP contribution in [0.5, 0.6) is 0 Å². The molecule has 0 atom stereocenters. The first-order chi connectivity index (χ1) is 5.35. The monoisotopic (exact) mass is 169 g/mol. The van der Waals surface area contributed by atoms with Crippen molar-refractivity contribution in [2.75, 3.05) is 0 Å². The lowest BCUT2D eigenvalue weighted by Gasteiger charge is -1.84. The van der Waals surface area contributed by atoms with Crippen molar-refractivity contribution in [3.63, 3.8) is 0 Å². The Bertz CT molecular complexity index is 211. The normalized spacial score (nSPS) is 7.36. The molecule has 11 heavy (non-hydrogen) atoms. The van der Waals surface area contributed by atoms with Gasteiger partial charge in [0.2, 0.25) is 5.75 Å². The number of carbonyl (C=O) groups is 1. The fourth-order valence-corrected chi connectivity index (χ4v) is 0.497. The first kappa shape index (κ1) is 9.85. The van der Waals surface area contributed by atoms with Gasteiger partial charge in [0.05, 0.1) is 0 Å². The standard InChI is InChI=1S/C7H7N.CHClO/c1-2-7-4-3-5-8-6-7;2-1-3/h2-6H,1H2;1H. The van der Waals surface area contributed by atoms with Crippen LogP contribution in [-0.4, -0.2) is 10.7 Å². The van der Waals surface area contributed by atoms with Gasteiger partial charge in [-0.1, -0.05) is 18.7 Å². The van der Waals surface area contributed by atoms with Gasteiger partial charge in [0, 0.05) is 12.4 Å². The second-order valence-corrected chi connectivity index (χ2v) is 1.76. The topological polar surface area (TPSA) is 30.0 Å². The van der Waals surface area contributed by atoms with Crippen molar-refractivity contribution < 1.29 is 4.79 Å². The van der Waals surface area contributed by atoms with Crippen LogP contribution >= 0.6 is 11.6 Å². The molecule has 0 saturated carbocycles. The van der Waals surface area contributed by atoms with Gasteiger partial charge in [0.25, 0.3) is 0 Å². The molecule has 0 spiro atoms. The first-order valence-corrected chi connectivity index (χ1v) is 3.35. The average molecular weight is 170 g/mol. The average Bonchev–Trinajstić information content (AvgIpc) is 2.08. The van der Waals surface area contributed by atoms with Gasteiger partial charge >= 0.3 is 0 Å². The molecular formula is C8H8ClNO. The number of aromatic nitrogens is 1. The molecule has 0 bridgehead atoms. The zero-order chi connectivity index (χ0) is 8.53. The lowest BCUT2D eigenvalue weighted by Crippen LogP contribution is -1.70. The van der Waals surface area contributed by atoms with E-state index in [1.54, 1.807) is 18.5 Å². The van der Waals surface area contributed by atoms with Crippen LogP contribution < -0.4 is 0 Å². The molecule has 1 heterocycles. The molecule has 1 aromatic rings. The molecule has 0 unspecified atom stereocenters. The molecule has 0 aliphatic rings. The van der Waals surface area contributed by atoms with Crippen LogP contribution in [0.15, 0.2) is 31.1 Å². The molecule has 0 fully saturated rings. The maximum Gasteiger partial charge on any atom is 0.208 e. The molecule has 1 aromatic heterocycles. The van der Waals surface area contributed by atoms with E-state index in [0.717, 1.165) is 5.56 Å². The van der Waals surface area contributed by atoms with Crippen molar-refractivity contribution in [1.82, 2.24) is 4.98 Å². The number of halogens is 1. The third kappa shape index (κ3) is 5.30. The highest BCUT2D eigenvalue weighted by Crippen LogP contribution is 1.94. The summed E-state index contributed by atoms with van der Waals surface area (Å²) in [7, 11) is 0. The molecule has 1 rings (SSSR count). The maximum absolute atomic E-state index is 8.57. The van der Waals surface area contributed by atoms with Crippen molar-refractivity contribution in [1.29, 1.82) is 0 Å². The summed E-state index contributed by atoms with van der Waals surface area (Å²) in [4.78, 5) is 12.5. The van der Waals surface area contributed by atoms with E-state index in [2.05, 4.69) is 23.2 Å². The van der Waals surface area contributed by atoms with E-state index in [-0.39, 0.29) is 5.75 Å². The highest BCUT2D eigenvalue weighted by Gasteiger charge is 1.77. The summed E-state index contributed by atoms with van der Waals surface area (Å²) in [5.74, 6) is 0.222. The minimum absolute atomic E-state index is 0.222. The van der Waals surface area contributed by atoms with Crippen LogP contribution in [0.2, 0.25) is 0 Å². The van der Waals surface area contributed by atoms with Crippen molar-refractivity contribution in [3.8, 4) is 0 Å². The second kappa shape index (κ2) is 6.96. The van der Waals surface area contributed by atoms with Gasteiger partial charge in [0.15, 0.2) is 0 Å². The number of pyridine rings is 1. The Kier molecular flexibility index (Phi) is 6.24. The molecule has 0 N–H and O–H groups in total. The molecule has 3 heteroatoms. The minimum atomic E-state index is 0.222. The molecule has 2 nitrogen and oxygen atoms in total. The molecule has 0 saturated heterocycles. The zero-order valence-corrected chi connectivity index (χ0v) is 6.66. The zero-order valence-electron chi connectivity index (χ0n) is 5.90. The highest BCUT2D eigenvalue weighted by molar-refractivity contribution is 6.54. The number of nitrogens with zero attached hydrogens (tertiary/aromatic N) is 1. The Labute approximate surface area is 70.5 Å². The maximum atomic E-state index is 8.57. The van der Waals surface area contributed by atoms with E-state index in [1.165, 1.54) is 0 Å². The molecule has 0 amide bonds. The molecule has 58 valence electrons. The third-order valence-corrected chi connectivity index (χ3v) is 0.920. The Hall–Kier alpha value is -1.15. The number of hydrogen-bond acceptors (Lipinski definition) is 2. The predicted molar refractivity (Wildman–Crippen MR) is 46.9 cm³/mol. The van der Waals surface area contributed by atoms with Crippen LogP contribution in [0.1, 0.15) is 5.56 Å². The van der Waals surface area contributed by atoms with E-state index < -0.39 is 0 Å². The van der Waals surface area contributed by atoms with E-state index in [0.29, 0.717) is 0 Å². The summed E-state index contributed by atoms with van der Waals surface area (Å²) in [6.07, 6.45) is 5.28. The van der Waals surface area contributed by atoms with Gasteiger partial charge in [-0.15, -0.1) is 0 Å². The summed E-state index contributed by atoms with van der Waals surface area (Å²) < 4.78 is 0. The molecule has 0 aliphatic carbocycles. The minimum Gasteiger partial charge on any atom is -0.285 e. The fraction of sp³-hybridized carbons (Fsp3) is 0. The SMILES string of the molecule is C=Cc1cccnc1.O=CCl. The lowest BCUT2D eigenvalue weighted by atomic mass is 10.3. The summed E-state index contributed by atoms with van der Waals surface area (Å²) in [5.41, 5.74) is 1.06. The number of hydrogen-bond donors (Lipinski definition) is 0. The van der Waals surface area contributed by atoms with Crippen LogP contribution in [0.25, 0.3) is 6.08 Å². The summed E-state index contributed by atoms with van der Waals surface area (Å²) in [5, 5.41) is 0. The Morgan fingerprint density at radius 1 is 1.64 bits per heavy atom. The second-order valence-electron chi connectivity index (χ2n) is 1.58. The molecule has 0 aliphatic heterocycles. The van der Waals surface area contributed by atoms with E-state index >= 15 is 0 Å². The predicted octanol–water partition coefficient (Wildman–Crippen LogP) is 2.14. The molecular weight excluding hydrogens is 162 g/mol. The molecule has 0 radical (unpaired) electrons. The van der Waals surface area contributed by atoms with Gasteiger partial charge in [-0.05, 0) is 23.2 Å². The van der Waals surface area contributed by atoms with E-state index in [4.69, 9.17) is 4.79 Å². The summed E-state index contributed by atoms with van der Waals surface area (Å²) in [6.45, 7) is 3.59. The smallest absolute Gasteiger partial charge is 0.208 e. The summed E-state index contributed by atoms with van der Waals surface area (Å²) >= 11 is 4.32. The van der Waals surface area contributed by atoms with E-state index in [9.17, 15) is 0 Å². The largest absolute Gasteiger partial charge is 0.285 e. The summed E-state index contributed by atoms with van der Waals surface area (Å²) in [6, 6.07) is 3.84. The quantitative estimate of drug-likeness (QED) is 0.476. The van der Waals surface area contributed by atoms with Gasteiger partial charge in [0.1, 0.15) is 0 Å². The van der Waals surface area contributed by atoms with Crippen LogP contribution in [0.3, 0.4) is 0 Å². The number of carbonyl (C=O) groups excluding carboxylic acids is 1. The Morgan fingerprint density at radius 2 is 2.27 bits per heavy atom. The van der Waals surface area contributed by atoms with Gasteiger partial charge < -0.3 is 0 Å².